The molecule has 1 aliphatic heterocycles. The highest BCUT2D eigenvalue weighted by Crippen LogP contribution is 2.35. The largest absolute Gasteiger partial charge is 0.508 e. The average molecular weight is 679 g/mol. The van der Waals surface area contributed by atoms with Crippen molar-refractivity contribution in [3.05, 3.63) is 213 Å². The average Bonchev–Trinajstić information content (AvgIpc) is 3.99. The molecule has 0 radical (unpaired) electrons. The highest BCUT2D eigenvalue weighted by atomic mass is 16.3. The molecule has 0 saturated heterocycles. The van der Waals surface area contributed by atoms with Crippen LogP contribution in [0.1, 0.15) is 45.3 Å². The van der Waals surface area contributed by atoms with Crippen molar-refractivity contribution in [2.75, 3.05) is 0 Å². The van der Waals surface area contributed by atoms with E-state index in [0.29, 0.717) is 0 Å². The van der Waals surface area contributed by atoms with Crippen molar-refractivity contribution in [2.24, 2.45) is 0 Å². The summed E-state index contributed by atoms with van der Waals surface area (Å²) in [4.78, 5) is 39.1. The Balaban J connectivity index is 1.40. The molecule has 9 rings (SSSR count). The molecule has 6 aromatic rings. The number of allylic oxidation sites excluding steroid dienone is 10. The quantitative estimate of drug-likeness (QED) is 0.130. The van der Waals surface area contributed by atoms with Crippen LogP contribution in [0.4, 0.5) is 0 Å². The fourth-order valence-electron chi connectivity index (χ4n) is 7.07. The van der Waals surface area contributed by atoms with Gasteiger partial charge in [-0.1, -0.05) is 48.6 Å². The van der Waals surface area contributed by atoms with Crippen molar-refractivity contribution in [3.63, 3.8) is 0 Å². The number of ketones is 2. The molecule has 2 aromatic carbocycles. The van der Waals surface area contributed by atoms with Crippen molar-refractivity contribution in [1.29, 1.82) is 0 Å². The summed E-state index contributed by atoms with van der Waals surface area (Å²) in [5, 5.41) is 22.0. The summed E-state index contributed by atoms with van der Waals surface area (Å²) < 4.78 is 0. The first kappa shape index (κ1) is 30.7. The number of carbonyl (C=O) groups excluding carboxylic acids is 2. The number of phenols is 2. The number of fused-ring (bicyclic) bond motifs is 8. The summed E-state index contributed by atoms with van der Waals surface area (Å²) in [7, 11) is 0. The van der Waals surface area contributed by atoms with Crippen LogP contribution in [-0.2, 0) is 9.59 Å². The molecule has 0 spiro atoms. The number of aromatic amines is 4. The van der Waals surface area contributed by atoms with Crippen LogP contribution in [0.15, 0.2) is 157 Å². The van der Waals surface area contributed by atoms with Crippen molar-refractivity contribution in [1.82, 2.24) is 19.9 Å². The molecule has 3 aliphatic rings. The van der Waals surface area contributed by atoms with E-state index in [1.807, 2.05) is 97.1 Å². The van der Waals surface area contributed by atoms with E-state index in [-0.39, 0.29) is 23.1 Å². The van der Waals surface area contributed by atoms with E-state index < -0.39 is 0 Å². The maximum atomic E-state index is 12.2. The number of rotatable bonds is 2. The highest BCUT2D eigenvalue weighted by Gasteiger charge is 2.22. The summed E-state index contributed by atoms with van der Waals surface area (Å²) in [5.41, 5.74) is 12.0. The van der Waals surface area contributed by atoms with Gasteiger partial charge in [0.15, 0.2) is 11.6 Å². The fraction of sp³-hybridized carbons (Fsp3) is 0. The van der Waals surface area contributed by atoms with E-state index in [9.17, 15) is 19.8 Å². The number of hydrogen-bond acceptors (Lipinski definition) is 4. The summed E-state index contributed by atoms with van der Waals surface area (Å²) >= 11 is 0. The third kappa shape index (κ3) is 5.45. The van der Waals surface area contributed by atoms with Gasteiger partial charge in [0.05, 0.1) is 0 Å². The normalized spacial score (nSPS) is 17.5. The summed E-state index contributed by atoms with van der Waals surface area (Å²) in [6.07, 6.45) is 13.6. The monoisotopic (exact) mass is 678 g/mol. The minimum Gasteiger partial charge on any atom is -0.508 e. The topological polar surface area (TPSA) is 138 Å². The van der Waals surface area contributed by atoms with Crippen LogP contribution >= 0.6 is 0 Å². The predicted octanol–water partition coefficient (Wildman–Crippen LogP) is 6.21. The minimum absolute atomic E-state index is 0.0779. The molecular weight excluding hydrogens is 649 g/mol. The zero-order chi connectivity index (χ0) is 35.3. The van der Waals surface area contributed by atoms with Gasteiger partial charge in [-0.3, -0.25) is 9.59 Å². The highest BCUT2D eigenvalue weighted by molar-refractivity contribution is 6.04. The lowest BCUT2D eigenvalue weighted by molar-refractivity contribution is -0.111. The molecule has 52 heavy (non-hydrogen) atoms. The van der Waals surface area contributed by atoms with E-state index in [0.717, 1.165) is 89.4 Å². The Morgan fingerprint density at radius 1 is 0.327 bits per heavy atom. The first-order valence-corrected chi connectivity index (χ1v) is 16.8. The second-order valence-corrected chi connectivity index (χ2v) is 12.8. The third-order valence-electron chi connectivity index (χ3n) is 9.50. The SMILES string of the molecule is O=C1C=CC(=C2c3ccc([nH]3)C(=C3C=CC(=O)C=C3)c3ccc([nH]3)/C(c3ccc(O)cc3)=c3/cc/c([nH]3)=C(\c3ccc(O)cc3)c3ccc2[nH]3)C=C1. The maximum absolute atomic E-state index is 12.2. The first-order chi connectivity index (χ1) is 25.4. The zero-order valence-corrected chi connectivity index (χ0v) is 27.6. The Hall–Kier alpha value is -7.32. The molecule has 0 atom stereocenters. The molecule has 5 heterocycles. The number of hydrogen-bond donors (Lipinski definition) is 6. The second-order valence-electron chi connectivity index (χ2n) is 12.8. The molecule has 8 bridgehead atoms. The Kier molecular flexibility index (Phi) is 7.22. The molecule has 8 heteroatoms. The van der Waals surface area contributed by atoms with E-state index in [1.54, 1.807) is 48.6 Å². The Labute approximate surface area is 297 Å². The summed E-state index contributed by atoms with van der Waals surface area (Å²) in [6.45, 7) is 0. The molecule has 250 valence electrons. The van der Waals surface area contributed by atoms with Crippen molar-refractivity contribution in [2.45, 2.75) is 0 Å². The Morgan fingerprint density at radius 3 is 0.962 bits per heavy atom. The number of nitrogens with one attached hydrogen (secondary N) is 4. The summed E-state index contributed by atoms with van der Waals surface area (Å²) in [6, 6.07) is 30.5. The van der Waals surface area contributed by atoms with Crippen LogP contribution in [0.5, 0.6) is 11.5 Å². The van der Waals surface area contributed by atoms with Crippen molar-refractivity contribution in [3.8, 4) is 11.5 Å². The molecule has 0 saturated carbocycles. The molecule has 6 N–H and O–H groups in total. The van der Waals surface area contributed by atoms with Crippen LogP contribution in [0.2, 0.25) is 0 Å². The molecular formula is C44H30N4O4. The number of aromatic nitrogens is 4. The van der Waals surface area contributed by atoms with Crippen LogP contribution in [0, 0.1) is 0 Å². The maximum Gasteiger partial charge on any atom is 0.178 e. The second kappa shape index (κ2) is 12.2. The number of carbonyl (C=O) groups is 2. The van der Waals surface area contributed by atoms with Gasteiger partial charge < -0.3 is 30.1 Å². The Morgan fingerprint density at radius 2 is 0.635 bits per heavy atom. The molecule has 0 fully saturated rings. The van der Waals surface area contributed by atoms with E-state index in [2.05, 4.69) is 19.9 Å². The molecule has 0 amide bonds. The van der Waals surface area contributed by atoms with Gasteiger partial charge in [-0.2, -0.15) is 0 Å². The number of benzene rings is 2. The van der Waals surface area contributed by atoms with Crippen LogP contribution in [0.3, 0.4) is 0 Å². The number of H-pyrrole nitrogens is 4. The lowest BCUT2D eigenvalue weighted by atomic mass is 9.98. The molecule has 0 unspecified atom stereocenters. The van der Waals surface area contributed by atoms with Gasteiger partial charge in [-0.15, -0.1) is 0 Å². The summed E-state index contributed by atoms with van der Waals surface area (Å²) in [5.74, 6) is 0.182. The van der Waals surface area contributed by atoms with E-state index in [1.165, 1.54) is 0 Å². The lowest BCUT2D eigenvalue weighted by Crippen LogP contribution is -2.17. The fourth-order valence-corrected chi connectivity index (χ4v) is 7.07. The lowest BCUT2D eigenvalue weighted by Gasteiger charge is -2.13. The van der Waals surface area contributed by atoms with Gasteiger partial charge in [0.2, 0.25) is 0 Å². The molecule has 4 aromatic heterocycles. The number of phenolic OH excluding ortho intramolecular Hbond substituents is 2. The predicted molar refractivity (Wildman–Crippen MR) is 200 cm³/mol. The van der Waals surface area contributed by atoms with Crippen LogP contribution < -0.4 is 10.7 Å². The van der Waals surface area contributed by atoms with Gasteiger partial charge in [0, 0.05) is 67.2 Å². The van der Waals surface area contributed by atoms with Gasteiger partial charge in [-0.25, -0.2) is 0 Å². The van der Waals surface area contributed by atoms with Gasteiger partial charge >= 0.3 is 0 Å². The zero-order valence-electron chi connectivity index (χ0n) is 27.6. The Bertz CT molecular complexity index is 2540. The minimum atomic E-state index is -0.0779. The first-order valence-electron chi connectivity index (χ1n) is 16.8. The van der Waals surface area contributed by atoms with E-state index in [4.69, 9.17) is 0 Å². The number of aromatic hydroxyl groups is 2. The van der Waals surface area contributed by atoms with Gasteiger partial charge in [0.25, 0.3) is 0 Å². The molecule has 2 aliphatic carbocycles. The van der Waals surface area contributed by atoms with E-state index >= 15 is 0 Å². The standard InChI is InChI=1S/C44H30N4O4/c49-29-9-1-25(2-10-29)41-33-17-19-35(45-33)42(26-3-11-30(50)12-4-26)37-21-23-39(47-37)44(28-7-15-32(52)16-8-28)40-24-22-38(48-40)43(36-20-18-34(41)46-36)27-5-13-31(51)14-6-27/h1-24,45-50H/b41-33-,42-35-. The van der Waals surface area contributed by atoms with Crippen molar-refractivity contribution >= 4 is 33.9 Å². The van der Waals surface area contributed by atoms with Gasteiger partial charge in [0.1, 0.15) is 11.5 Å². The van der Waals surface area contributed by atoms with Crippen LogP contribution in [-0.4, -0.2) is 41.7 Å². The molecule has 8 nitrogen and oxygen atoms in total. The third-order valence-corrected chi connectivity index (χ3v) is 9.50. The van der Waals surface area contributed by atoms with Crippen molar-refractivity contribution < 1.29 is 19.8 Å². The van der Waals surface area contributed by atoms with Crippen LogP contribution in [0.25, 0.3) is 22.3 Å². The smallest absolute Gasteiger partial charge is 0.178 e. The van der Waals surface area contributed by atoms with Gasteiger partial charge in [-0.05, 0) is 119 Å².